The largest absolute Gasteiger partial charge is 0.321 e. The van der Waals surface area contributed by atoms with E-state index in [1.54, 1.807) is 16.7 Å². The van der Waals surface area contributed by atoms with Crippen LogP contribution in [-0.2, 0) is 4.79 Å². The van der Waals surface area contributed by atoms with Crippen LogP contribution in [-0.4, -0.2) is 34.9 Å². The number of hydrogen-bond acceptors (Lipinski definition) is 3. The monoisotopic (exact) mass is 198 g/mol. The first-order valence-electron chi connectivity index (χ1n) is 4.56. The summed E-state index contributed by atoms with van der Waals surface area (Å²) in [4.78, 5) is 12.9. The molecule has 1 heterocycles. The maximum Gasteiger partial charge on any atom is 0.233 e. The van der Waals surface area contributed by atoms with Crippen molar-refractivity contribution in [3.8, 4) is 6.07 Å². The van der Waals surface area contributed by atoms with Crippen LogP contribution in [0.25, 0.3) is 0 Å². The fourth-order valence-corrected chi connectivity index (χ4v) is 1.99. The number of unbranched alkanes of at least 4 members (excludes halogenated alkanes) is 1. The van der Waals surface area contributed by atoms with E-state index in [2.05, 4.69) is 13.0 Å². The number of amides is 1. The third-order valence-electron chi connectivity index (χ3n) is 1.95. The minimum absolute atomic E-state index is 0.118. The van der Waals surface area contributed by atoms with E-state index in [-0.39, 0.29) is 11.9 Å². The summed E-state index contributed by atoms with van der Waals surface area (Å²) in [7, 11) is 0. The SMILES string of the molecule is CCCCSCC(=O)N1CC1C#N. The summed E-state index contributed by atoms with van der Waals surface area (Å²) in [6, 6.07) is 1.94. The highest BCUT2D eigenvalue weighted by atomic mass is 32.2. The lowest BCUT2D eigenvalue weighted by Gasteiger charge is -2.00. The Labute approximate surface area is 83.1 Å². The summed E-state index contributed by atoms with van der Waals surface area (Å²) in [6.07, 6.45) is 2.34. The lowest BCUT2D eigenvalue weighted by atomic mass is 10.4. The maximum atomic E-state index is 11.3. The van der Waals surface area contributed by atoms with Gasteiger partial charge in [0.05, 0.1) is 18.4 Å². The van der Waals surface area contributed by atoms with Gasteiger partial charge in [-0.3, -0.25) is 4.79 Å². The van der Waals surface area contributed by atoms with Crippen LogP contribution in [0.5, 0.6) is 0 Å². The van der Waals surface area contributed by atoms with Crippen molar-refractivity contribution in [1.82, 2.24) is 4.90 Å². The third-order valence-corrected chi connectivity index (χ3v) is 2.98. The average Bonchev–Trinajstić information content (AvgIpc) is 2.91. The number of carbonyl (C=O) groups is 1. The van der Waals surface area contributed by atoms with Gasteiger partial charge >= 0.3 is 0 Å². The summed E-state index contributed by atoms with van der Waals surface area (Å²) < 4.78 is 0. The van der Waals surface area contributed by atoms with Crippen LogP contribution in [0.3, 0.4) is 0 Å². The van der Waals surface area contributed by atoms with Gasteiger partial charge in [-0.25, -0.2) is 0 Å². The van der Waals surface area contributed by atoms with Crippen LogP contribution < -0.4 is 0 Å². The normalized spacial score (nSPS) is 19.7. The van der Waals surface area contributed by atoms with E-state index in [0.717, 1.165) is 5.75 Å². The second-order valence-corrected chi connectivity index (χ2v) is 4.20. The predicted octanol–water partition coefficient (Wildman–Crippen LogP) is 1.25. The van der Waals surface area contributed by atoms with Gasteiger partial charge in [-0.2, -0.15) is 17.0 Å². The molecule has 3 nitrogen and oxygen atoms in total. The summed E-state index contributed by atoms with van der Waals surface area (Å²) in [5.41, 5.74) is 0. The van der Waals surface area contributed by atoms with E-state index < -0.39 is 0 Å². The molecule has 0 aromatic carbocycles. The van der Waals surface area contributed by atoms with Crippen molar-refractivity contribution < 1.29 is 4.79 Å². The maximum absolute atomic E-state index is 11.3. The number of rotatable bonds is 5. The molecule has 0 saturated carbocycles. The van der Waals surface area contributed by atoms with Gasteiger partial charge in [0.2, 0.25) is 5.91 Å². The molecule has 0 N–H and O–H groups in total. The van der Waals surface area contributed by atoms with Gasteiger partial charge in [0.15, 0.2) is 0 Å². The first kappa shape index (κ1) is 10.4. The number of nitrogens with zero attached hydrogens (tertiary/aromatic N) is 2. The van der Waals surface area contributed by atoms with Crippen LogP contribution in [0.4, 0.5) is 0 Å². The molecule has 0 spiro atoms. The molecule has 1 rings (SSSR count). The fraction of sp³-hybridized carbons (Fsp3) is 0.778. The minimum Gasteiger partial charge on any atom is -0.321 e. The summed E-state index contributed by atoms with van der Waals surface area (Å²) in [6.45, 7) is 2.78. The Bertz CT molecular complexity index is 224. The van der Waals surface area contributed by atoms with Crippen molar-refractivity contribution in [1.29, 1.82) is 5.26 Å². The van der Waals surface area contributed by atoms with Crippen molar-refractivity contribution in [2.24, 2.45) is 0 Å². The van der Waals surface area contributed by atoms with E-state index in [1.165, 1.54) is 12.8 Å². The molecule has 1 saturated heterocycles. The number of nitriles is 1. The van der Waals surface area contributed by atoms with Gasteiger partial charge in [0.1, 0.15) is 6.04 Å². The highest BCUT2D eigenvalue weighted by molar-refractivity contribution is 7.99. The van der Waals surface area contributed by atoms with Gasteiger partial charge in [-0.05, 0) is 12.2 Å². The topological polar surface area (TPSA) is 43.9 Å². The van der Waals surface area contributed by atoms with Crippen molar-refractivity contribution >= 4 is 17.7 Å². The van der Waals surface area contributed by atoms with Crippen LogP contribution in [0.1, 0.15) is 19.8 Å². The van der Waals surface area contributed by atoms with Crippen LogP contribution in [0.2, 0.25) is 0 Å². The first-order valence-corrected chi connectivity index (χ1v) is 5.72. The number of carbonyl (C=O) groups excluding carboxylic acids is 1. The Morgan fingerprint density at radius 2 is 2.54 bits per heavy atom. The molecule has 13 heavy (non-hydrogen) atoms. The molecule has 0 radical (unpaired) electrons. The molecule has 0 aromatic heterocycles. The highest BCUT2D eigenvalue weighted by Gasteiger charge is 2.37. The molecule has 1 aliphatic rings. The Kier molecular flexibility index (Phi) is 4.10. The quantitative estimate of drug-likeness (QED) is 0.493. The van der Waals surface area contributed by atoms with E-state index in [9.17, 15) is 4.79 Å². The van der Waals surface area contributed by atoms with E-state index in [0.29, 0.717) is 12.3 Å². The molecular weight excluding hydrogens is 184 g/mol. The van der Waals surface area contributed by atoms with E-state index in [1.807, 2.05) is 0 Å². The second kappa shape index (κ2) is 5.13. The summed E-state index contributed by atoms with van der Waals surface area (Å²) in [5.74, 6) is 1.71. The van der Waals surface area contributed by atoms with Crippen molar-refractivity contribution in [2.75, 3.05) is 18.1 Å². The van der Waals surface area contributed by atoms with E-state index in [4.69, 9.17) is 5.26 Å². The van der Waals surface area contributed by atoms with Crippen LogP contribution >= 0.6 is 11.8 Å². The Morgan fingerprint density at radius 3 is 3.08 bits per heavy atom. The molecule has 1 fully saturated rings. The van der Waals surface area contributed by atoms with Gasteiger partial charge in [0, 0.05) is 0 Å². The van der Waals surface area contributed by atoms with Crippen molar-refractivity contribution in [2.45, 2.75) is 25.8 Å². The molecule has 1 atom stereocenters. The minimum atomic E-state index is -0.126. The second-order valence-electron chi connectivity index (χ2n) is 3.10. The zero-order valence-corrected chi connectivity index (χ0v) is 8.64. The van der Waals surface area contributed by atoms with Crippen molar-refractivity contribution in [3.05, 3.63) is 0 Å². The lowest BCUT2D eigenvalue weighted by Crippen LogP contribution is -2.15. The van der Waals surface area contributed by atoms with Gasteiger partial charge < -0.3 is 4.90 Å². The van der Waals surface area contributed by atoms with Gasteiger partial charge in [-0.1, -0.05) is 13.3 Å². The Balaban J connectivity index is 2.03. The predicted molar refractivity (Wildman–Crippen MR) is 53.3 cm³/mol. The smallest absolute Gasteiger partial charge is 0.233 e. The molecule has 72 valence electrons. The lowest BCUT2D eigenvalue weighted by molar-refractivity contribution is -0.123. The zero-order valence-electron chi connectivity index (χ0n) is 7.82. The molecule has 1 unspecified atom stereocenters. The molecule has 1 aliphatic heterocycles. The summed E-state index contributed by atoms with van der Waals surface area (Å²) >= 11 is 1.67. The van der Waals surface area contributed by atoms with Gasteiger partial charge in [0.25, 0.3) is 0 Å². The van der Waals surface area contributed by atoms with E-state index >= 15 is 0 Å². The summed E-state index contributed by atoms with van der Waals surface area (Å²) in [5, 5.41) is 8.48. The standard InChI is InChI=1S/C9H14N2OS/c1-2-3-4-13-7-9(12)11-6-8(11)5-10/h8H,2-4,6-7H2,1H3. The molecule has 0 aliphatic carbocycles. The molecular formula is C9H14N2OS. The Morgan fingerprint density at radius 1 is 1.77 bits per heavy atom. The number of hydrogen-bond donors (Lipinski definition) is 0. The molecule has 0 aromatic rings. The molecule has 1 amide bonds. The number of thioether (sulfide) groups is 1. The van der Waals surface area contributed by atoms with Crippen molar-refractivity contribution in [3.63, 3.8) is 0 Å². The Hall–Kier alpha value is -0.690. The fourth-order valence-electron chi connectivity index (χ4n) is 1.01. The van der Waals surface area contributed by atoms with Gasteiger partial charge in [-0.15, -0.1) is 0 Å². The zero-order chi connectivity index (χ0) is 9.68. The average molecular weight is 198 g/mol. The van der Waals surface area contributed by atoms with Crippen LogP contribution in [0, 0.1) is 11.3 Å². The molecule has 0 bridgehead atoms. The highest BCUT2D eigenvalue weighted by Crippen LogP contribution is 2.18. The first-order chi connectivity index (χ1) is 6.29. The molecule has 4 heteroatoms. The van der Waals surface area contributed by atoms with Crippen LogP contribution in [0.15, 0.2) is 0 Å². The third kappa shape index (κ3) is 3.27.